The Morgan fingerprint density at radius 1 is 1.14 bits per heavy atom. The predicted molar refractivity (Wildman–Crippen MR) is 78.0 cm³/mol. The third kappa shape index (κ3) is 2.82. The number of hydrogen-bond acceptors (Lipinski definition) is 4. The molecule has 0 spiro atoms. The van der Waals surface area contributed by atoms with Crippen molar-refractivity contribution in [3.8, 4) is 0 Å². The second kappa shape index (κ2) is 5.69. The Morgan fingerprint density at radius 3 is 2.33 bits per heavy atom. The van der Waals surface area contributed by atoms with Crippen molar-refractivity contribution in [3.05, 3.63) is 52.7 Å². The van der Waals surface area contributed by atoms with Crippen LogP contribution in [0.2, 0.25) is 0 Å². The molecule has 0 radical (unpaired) electrons. The fourth-order valence-electron chi connectivity index (χ4n) is 1.89. The monoisotopic (exact) mass is 308 g/mol. The van der Waals surface area contributed by atoms with Crippen LogP contribution >= 0.6 is 0 Å². The number of carbonyl (C=O) groups is 1. The van der Waals surface area contributed by atoms with Gasteiger partial charge < -0.3 is 0 Å². The van der Waals surface area contributed by atoms with Gasteiger partial charge in [-0.05, 0) is 25.5 Å². The molecule has 0 amide bonds. The topological polar surface area (TPSA) is 78.1 Å². The van der Waals surface area contributed by atoms with Crippen molar-refractivity contribution in [1.29, 1.82) is 0 Å². The lowest BCUT2D eigenvalue weighted by Gasteiger charge is -2.04. The first kappa shape index (κ1) is 15.2. The van der Waals surface area contributed by atoms with Crippen LogP contribution in [-0.2, 0) is 10.0 Å². The van der Waals surface area contributed by atoms with Crippen molar-refractivity contribution < 1.29 is 13.2 Å². The Balaban J connectivity index is 2.49. The molecule has 7 heteroatoms. The minimum atomic E-state index is -3.98. The van der Waals surface area contributed by atoms with Crippen LogP contribution in [0.4, 0.5) is 0 Å². The van der Waals surface area contributed by atoms with Crippen molar-refractivity contribution >= 4 is 15.9 Å². The average Bonchev–Trinajstić information content (AvgIpc) is 2.82. The van der Waals surface area contributed by atoms with E-state index in [-0.39, 0.29) is 11.3 Å². The van der Waals surface area contributed by atoms with Crippen LogP contribution in [0.1, 0.15) is 30.1 Å². The normalized spacial score (nSPS) is 11.5. The number of rotatable bonds is 4. The molecule has 1 heterocycles. The minimum Gasteiger partial charge on any atom is -0.274 e. The van der Waals surface area contributed by atoms with E-state index in [1.54, 1.807) is 12.1 Å². The maximum absolute atomic E-state index is 12.4. The van der Waals surface area contributed by atoms with Crippen molar-refractivity contribution in [2.45, 2.75) is 31.6 Å². The first-order valence-corrected chi connectivity index (χ1v) is 7.97. The van der Waals surface area contributed by atoms with E-state index < -0.39 is 21.6 Å². The lowest BCUT2D eigenvalue weighted by Crippen LogP contribution is -2.32. The Morgan fingerprint density at radius 2 is 1.76 bits per heavy atom. The molecule has 0 aliphatic heterocycles. The standard InChI is InChI=1S/C14H16N2O4S/c1-3-4-13(17)15-9-10-16(14(15)18)21(19,20)12-7-5-11(2)6-8-12/h5-10H,3-4H2,1-2H3. The zero-order chi connectivity index (χ0) is 15.6. The zero-order valence-corrected chi connectivity index (χ0v) is 12.6. The maximum atomic E-state index is 12.4. The van der Waals surface area contributed by atoms with E-state index in [9.17, 15) is 18.0 Å². The summed E-state index contributed by atoms with van der Waals surface area (Å²) in [6.07, 6.45) is 3.06. The molecule has 6 nitrogen and oxygen atoms in total. The van der Waals surface area contributed by atoms with Crippen LogP contribution in [0.3, 0.4) is 0 Å². The molecule has 0 aliphatic rings. The van der Waals surface area contributed by atoms with E-state index in [4.69, 9.17) is 0 Å². The van der Waals surface area contributed by atoms with E-state index in [1.807, 2.05) is 13.8 Å². The number of aromatic nitrogens is 2. The summed E-state index contributed by atoms with van der Waals surface area (Å²) < 4.78 is 26.2. The smallest absolute Gasteiger partial charge is 0.274 e. The summed E-state index contributed by atoms with van der Waals surface area (Å²) in [5, 5.41) is 0. The quantitative estimate of drug-likeness (QED) is 0.860. The molecule has 0 saturated carbocycles. The summed E-state index contributed by atoms with van der Waals surface area (Å²) in [7, 11) is -3.98. The zero-order valence-electron chi connectivity index (χ0n) is 11.8. The molecule has 1 aromatic heterocycles. The molecule has 0 bridgehead atoms. The molecule has 0 atom stereocenters. The van der Waals surface area contributed by atoms with E-state index in [2.05, 4.69) is 0 Å². The molecule has 112 valence electrons. The first-order valence-electron chi connectivity index (χ1n) is 6.53. The predicted octanol–water partition coefficient (Wildman–Crippen LogP) is 1.64. The second-order valence-electron chi connectivity index (χ2n) is 4.71. The van der Waals surface area contributed by atoms with E-state index in [1.165, 1.54) is 18.3 Å². The van der Waals surface area contributed by atoms with Crippen molar-refractivity contribution in [2.75, 3.05) is 0 Å². The average molecular weight is 308 g/mol. The number of nitrogens with zero attached hydrogens (tertiary/aromatic N) is 2. The molecule has 0 fully saturated rings. The van der Waals surface area contributed by atoms with Gasteiger partial charge in [0.2, 0.25) is 5.91 Å². The number of imidazole rings is 1. The van der Waals surface area contributed by atoms with Crippen LogP contribution in [0.5, 0.6) is 0 Å². The highest BCUT2D eigenvalue weighted by molar-refractivity contribution is 7.90. The fraction of sp³-hybridized carbons (Fsp3) is 0.286. The van der Waals surface area contributed by atoms with Gasteiger partial charge >= 0.3 is 5.69 Å². The Kier molecular flexibility index (Phi) is 4.13. The summed E-state index contributed by atoms with van der Waals surface area (Å²) >= 11 is 0. The van der Waals surface area contributed by atoms with Crippen molar-refractivity contribution in [2.24, 2.45) is 0 Å². The van der Waals surface area contributed by atoms with E-state index >= 15 is 0 Å². The molecule has 0 N–H and O–H groups in total. The number of aryl methyl sites for hydroxylation is 1. The molecule has 1 aromatic carbocycles. The van der Waals surface area contributed by atoms with Gasteiger partial charge in [0.1, 0.15) is 0 Å². The maximum Gasteiger partial charge on any atom is 0.349 e. The lowest BCUT2D eigenvalue weighted by molar-refractivity contribution is 0.0897. The van der Waals surface area contributed by atoms with Gasteiger partial charge in [0.15, 0.2) is 0 Å². The Labute approximate surface area is 122 Å². The van der Waals surface area contributed by atoms with Gasteiger partial charge in [0, 0.05) is 18.8 Å². The fourth-order valence-corrected chi connectivity index (χ4v) is 3.11. The first-order chi connectivity index (χ1) is 9.87. The molecule has 2 rings (SSSR count). The highest BCUT2D eigenvalue weighted by Crippen LogP contribution is 2.13. The largest absolute Gasteiger partial charge is 0.349 e. The summed E-state index contributed by atoms with van der Waals surface area (Å²) in [5.41, 5.74) is 0.0472. The van der Waals surface area contributed by atoms with Crippen LogP contribution in [0, 0.1) is 6.92 Å². The second-order valence-corrected chi connectivity index (χ2v) is 6.52. The summed E-state index contributed by atoms with van der Waals surface area (Å²) in [6, 6.07) is 6.17. The molecule has 0 saturated heterocycles. The van der Waals surface area contributed by atoms with Gasteiger partial charge in [-0.15, -0.1) is 0 Å². The number of carbonyl (C=O) groups excluding carboxylic acids is 1. The number of hydrogen-bond donors (Lipinski definition) is 0. The summed E-state index contributed by atoms with van der Waals surface area (Å²) in [4.78, 5) is 23.8. The highest BCUT2D eigenvalue weighted by Gasteiger charge is 2.21. The van der Waals surface area contributed by atoms with Crippen LogP contribution in [0.25, 0.3) is 0 Å². The molecule has 21 heavy (non-hydrogen) atoms. The van der Waals surface area contributed by atoms with Gasteiger partial charge in [-0.1, -0.05) is 24.6 Å². The Hall–Kier alpha value is -2.15. The third-order valence-electron chi connectivity index (χ3n) is 3.06. The van der Waals surface area contributed by atoms with Gasteiger partial charge in [0.05, 0.1) is 4.90 Å². The third-order valence-corrected chi connectivity index (χ3v) is 4.72. The van der Waals surface area contributed by atoms with Gasteiger partial charge in [0.25, 0.3) is 10.0 Å². The molecular weight excluding hydrogens is 292 g/mol. The highest BCUT2D eigenvalue weighted by atomic mass is 32.2. The van der Waals surface area contributed by atoms with Crippen LogP contribution in [-0.4, -0.2) is 22.9 Å². The molecule has 2 aromatic rings. The van der Waals surface area contributed by atoms with Crippen molar-refractivity contribution in [3.63, 3.8) is 0 Å². The van der Waals surface area contributed by atoms with Crippen molar-refractivity contribution in [1.82, 2.24) is 8.54 Å². The molecular formula is C14H16N2O4S. The van der Waals surface area contributed by atoms with E-state index in [0.29, 0.717) is 10.4 Å². The minimum absolute atomic E-state index is 0.0101. The van der Waals surface area contributed by atoms with Crippen LogP contribution in [0.15, 0.2) is 46.3 Å². The van der Waals surface area contributed by atoms with Gasteiger partial charge in [-0.25, -0.2) is 17.8 Å². The SMILES string of the molecule is CCCC(=O)n1ccn(S(=O)(=O)c2ccc(C)cc2)c1=O. The van der Waals surface area contributed by atoms with Gasteiger partial charge in [-0.2, -0.15) is 3.97 Å². The lowest BCUT2D eigenvalue weighted by atomic mass is 10.2. The van der Waals surface area contributed by atoms with Gasteiger partial charge in [-0.3, -0.25) is 4.79 Å². The molecule has 0 unspecified atom stereocenters. The van der Waals surface area contributed by atoms with Crippen LogP contribution < -0.4 is 5.69 Å². The number of benzene rings is 1. The molecule has 0 aliphatic carbocycles. The summed E-state index contributed by atoms with van der Waals surface area (Å²) in [6.45, 7) is 3.64. The van der Waals surface area contributed by atoms with E-state index in [0.717, 1.165) is 16.3 Å². The summed E-state index contributed by atoms with van der Waals surface area (Å²) in [5.74, 6) is -0.416. The Bertz CT molecular complexity index is 813.